The molecule has 0 spiro atoms. The molecule has 0 aliphatic heterocycles. The molecule has 0 bridgehead atoms. The molecule has 1 aromatic carbocycles. The third kappa shape index (κ3) is 3.13. The summed E-state index contributed by atoms with van der Waals surface area (Å²) in [7, 11) is 1.52. The van der Waals surface area contributed by atoms with Crippen molar-refractivity contribution >= 4 is 17.5 Å². The van der Waals surface area contributed by atoms with E-state index in [9.17, 15) is 4.79 Å². The van der Waals surface area contributed by atoms with Gasteiger partial charge in [0.1, 0.15) is 5.75 Å². The number of amides is 1. The summed E-state index contributed by atoms with van der Waals surface area (Å²) in [6.07, 6.45) is 0. The van der Waals surface area contributed by atoms with Gasteiger partial charge in [-0.3, -0.25) is 4.79 Å². The van der Waals surface area contributed by atoms with E-state index in [1.54, 1.807) is 18.2 Å². The quantitative estimate of drug-likeness (QED) is 0.862. The van der Waals surface area contributed by atoms with Crippen LogP contribution in [0.3, 0.4) is 0 Å². The van der Waals surface area contributed by atoms with E-state index in [0.717, 1.165) is 0 Å². The van der Waals surface area contributed by atoms with Gasteiger partial charge in [0.2, 0.25) is 0 Å². The molecule has 0 radical (unpaired) electrons. The van der Waals surface area contributed by atoms with Crippen LogP contribution < -0.4 is 10.1 Å². The van der Waals surface area contributed by atoms with Crippen molar-refractivity contribution in [3.63, 3.8) is 0 Å². The van der Waals surface area contributed by atoms with Crippen LogP contribution in [0.25, 0.3) is 0 Å². The van der Waals surface area contributed by atoms with Crippen molar-refractivity contribution in [3.05, 3.63) is 28.8 Å². The molecule has 1 aromatic rings. The molecule has 0 aliphatic carbocycles. The molecule has 1 N–H and O–H groups in total. The van der Waals surface area contributed by atoms with Crippen molar-refractivity contribution in [3.8, 4) is 5.75 Å². The lowest BCUT2D eigenvalue weighted by molar-refractivity contribution is 0.0940. The topological polar surface area (TPSA) is 38.3 Å². The van der Waals surface area contributed by atoms with Crippen molar-refractivity contribution in [2.45, 2.75) is 19.9 Å². The second kappa shape index (κ2) is 5.03. The number of ether oxygens (including phenoxy) is 1. The van der Waals surface area contributed by atoms with E-state index in [1.807, 2.05) is 13.8 Å². The van der Waals surface area contributed by atoms with Crippen LogP contribution in [-0.4, -0.2) is 19.1 Å². The largest absolute Gasteiger partial charge is 0.496 e. The van der Waals surface area contributed by atoms with Gasteiger partial charge in [0.15, 0.2) is 0 Å². The molecule has 15 heavy (non-hydrogen) atoms. The van der Waals surface area contributed by atoms with Gasteiger partial charge in [0.05, 0.1) is 12.7 Å². The standard InChI is InChI=1S/C11H14ClNO2/c1-7(2)13-11(14)9-6-8(12)4-5-10(9)15-3/h4-7H,1-3H3,(H,13,14). The normalized spacial score (nSPS) is 10.2. The molecule has 0 fully saturated rings. The Labute approximate surface area is 94.4 Å². The van der Waals surface area contributed by atoms with E-state index < -0.39 is 0 Å². The van der Waals surface area contributed by atoms with Crippen LogP contribution in [0, 0.1) is 0 Å². The van der Waals surface area contributed by atoms with Gasteiger partial charge in [-0.15, -0.1) is 0 Å². The van der Waals surface area contributed by atoms with Crippen LogP contribution in [-0.2, 0) is 0 Å². The Hall–Kier alpha value is -1.22. The summed E-state index contributed by atoms with van der Waals surface area (Å²) in [5.41, 5.74) is 0.457. The fourth-order valence-corrected chi connectivity index (χ4v) is 1.37. The Morgan fingerprint density at radius 3 is 2.67 bits per heavy atom. The van der Waals surface area contributed by atoms with Crippen molar-refractivity contribution in [1.29, 1.82) is 0 Å². The van der Waals surface area contributed by atoms with Crippen LogP contribution in [0.15, 0.2) is 18.2 Å². The van der Waals surface area contributed by atoms with Gasteiger partial charge in [0, 0.05) is 11.1 Å². The van der Waals surface area contributed by atoms with Gasteiger partial charge >= 0.3 is 0 Å². The minimum atomic E-state index is -0.177. The highest BCUT2D eigenvalue weighted by Gasteiger charge is 2.13. The summed E-state index contributed by atoms with van der Waals surface area (Å²) in [5, 5.41) is 3.30. The lowest BCUT2D eigenvalue weighted by Gasteiger charge is -2.11. The molecule has 0 aromatic heterocycles. The Morgan fingerprint density at radius 2 is 2.13 bits per heavy atom. The van der Waals surface area contributed by atoms with Gasteiger partial charge in [-0.2, -0.15) is 0 Å². The van der Waals surface area contributed by atoms with E-state index >= 15 is 0 Å². The number of halogens is 1. The third-order valence-corrected chi connectivity index (χ3v) is 2.06. The number of carbonyl (C=O) groups excluding carboxylic acids is 1. The van der Waals surface area contributed by atoms with Crippen molar-refractivity contribution in [2.24, 2.45) is 0 Å². The summed E-state index contributed by atoms with van der Waals surface area (Å²) in [5.74, 6) is 0.349. The first-order valence-corrected chi connectivity index (χ1v) is 5.06. The summed E-state index contributed by atoms with van der Waals surface area (Å²) in [6, 6.07) is 5.04. The van der Waals surface area contributed by atoms with Gasteiger partial charge in [0.25, 0.3) is 5.91 Å². The highest BCUT2D eigenvalue weighted by Crippen LogP contribution is 2.22. The molecule has 82 valence electrons. The number of carbonyl (C=O) groups is 1. The second-order valence-corrected chi connectivity index (χ2v) is 3.91. The van der Waals surface area contributed by atoms with E-state index in [0.29, 0.717) is 16.3 Å². The molecule has 0 aliphatic rings. The average molecular weight is 228 g/mol. The number of hydrogen-bond donors (Lipinski definition) is 1. The lowest BCUT2D eigenvalue weighted by Crippen LogP contribution is -2.30. The van der Waals surface area contributed by atoms with Gasteiger partial charge in [-0.05, 0) is 32.0 Å². The molecule has 1 rings (SSSR count). The van der Waals surface area contributed by atoms with Crippen molar-refractivity contribution < 1.29 is 9.53 Å². The zero-order valence-corrected chi connectivity index (χ0v) is 9.76. The molecule has 0 unspecified atom stereocenters. The number of rotatable bonds is 3. The summed E-state index contributed by atoms with van der Waals surface area (Å²) in [6.45, 7) is 3.80. The van der Waals surface area contributed by atoms with Gasteiger partial charge in [-0.25, -0.2) is 0 Å². The van der Waals surface area contributed by atoms with Crippen LogP contribution in [0.1, 0.15) is 24.2 Å². The minimum absolute atomic E-state index is 0.0844. The molecule has 0 saturated carbocycles. The zero-order valence-electron chi connectivity index (χ0n) is 9.00. The smallest absolute Gasteiger partial charge is 0.255 e. The summed E-state index contributed by atoms with van der Waals surface area (Å²) < 4.78 is 5.08. The fraction of sp³-hybridized carbons (Fsp3) is 0.364. The molecule has 0 heterocycles. The Bertz CT molecular complexity index is 364. The van der Waals surface area contributed by atoms with Crippen LogP contribution in [0.4, 0.5) is 0 Å². The zero-order chi connectivity index (χ0) is 11.4. The highest BCUT2D eigenvalue weighted by molar-refractivity contribution is 6.31. The maximum Gasteiger partial charge on any atom is 0.255 e. The molecule has 0 saturated heterocycles. The van der Waals surface area contributed by atoms with Crippen LogP contribution in [0.2, 0.25) is 5.02 Å². The monoisotopic (exact) mass is 227 g/mol. The van der Waals surface area contributed by atoms with E-state index in [4.69, 9.17) is 16.3 Å². The predicted octanol–water partition coefficient (Wildman–Crippen LogP) is 2.49. The molecular weight excluding hydrogens is 214 g/mol. The third-order valence-electron chi connectivity index (χ3n) is 1.83. The Morgan fingerprint density at radius 1 is 1.47 bits per heavy atom. The SMILES string of the molecule is COc1ccc(Cl)cc1C(=O)NC(C)C. The fourth-order valence-electron chi connectivity index (χ4n) is 1.20. The molecule has 1 amide bonds. The first kappa shape index (κ1) is 11.9. The Balaban J connectivity index is 3.00. The van der Waals surface area contributed by atoms with Crippen LogP contribution in [0.5, 0.6) is 5.75 Å². The molecule has 0 atom stereocenters. The van der Waals surface area contributed by atoms with E-state index in [-0.39, 0.29) is 11.9 Å². The number of benzene rings is 1. The average Bonchev–Trinajstić information content (AvgIpc) is 2.16. The van der Waals surface area contributed by atoms with E-state index in [2.05, 4.69) is 5.32 Å². The summed E-state index contributed by atoms with van der Waals surface area (Å²) in [4.78, 5) is 11.7. The minimum Gasteiger partial charge on any atom is -0.496 e. The molecule has 3 nitrogen and oxygen atoms in total. The van der Waals surface area contributed by atoms with Crippen molar-refractivity contribution in [1.82, 2.24) is 5.32 Å². The van der Waals surface area contributed by atoms with Gasteiger partial charge in [-0.1, -0.05) is 11.6 Å². The molecular formula is C11H14ClNO2. The van der Waals surface area contributed by atoms with Crippen LogP contribution >= 0.6 is 11.6 Å². The van der Waals surface area contributed by atoms with E-state index in [1.165, 1.54) is 7.11 Å². The number of hydrogen-bond acceptors (Lipinski definition) is 2. The second-order valence-electron chi connectivity index (χ2n) is 3.47. The highest BCUT2D eigenvalue weighted by atomic mass is 35.5. The number of nitrogens with one attached hydrogen (secondary N) is 1. The van der Waals surface area contributed by atoms with Crippen molar-refractivity contribution in [2.75, 3.05) is 7.11 Å². The molecule has 4 heteroatoms. The first-order chi connectivity index (χ1) is 7.04. The lowest BCUT2D eigenvalue weighted by atomic mass is 10.2. The predicted molar refractivity (Wildman–Crippen MR) is 60.6 cm³/mol. The maximum atomic E-state index is 11.7. The number of methoxy groups -OCH3 is 1. The maximum absolute atomic E-state index is 11.7. The Kier molecular flexibility index (Phi) is 3.97. The summed E-state index contributed by atoms with van der Waals surface area (Å²) >= 11 is 5.82. The first-order valence-electron chi connectivity index (χ1n) is 4.69. The van der Waals surface area contributed by atoms with Gasteiger partial charge < -0.3 is 10.1 Å².